The maximum Gasteiger partial charge on any atom is 0.363 e. The number of aliphatic hydroxyl groups excluding tert-OH is 1. The predicted octanol–water partition coefficient (Wildman–Crippen LogP) is -0.250. The Kier molecular flexibility index (Phi) is 4.80. The van der Waals surface area contributed by atoms with Crippen LogP contribution in [0.3, 0.4) is 0 Å². The Morgan fingerprint density at radius 3 is 2.73 bits per heavy atom. The standard InChI is InChI=1S/C5H9BrN2O3/c1-3(9)2-7-8-4(6)5(10)11/h3,7,9H,2H2,1H3,(H,10,11). The third kappa shape index (κ3) is 5.81. The Balaban J connectivity index is 3.65. The summed E-state index contributed by atoms with van der Waals surface area (Å²) in [7, 11) is 0. The van der Waals surface area contributed by atoms with Crippen molar-refractivity contribution in [2.24, 2.45) is 5.10 Å². The molecule has 0 rings (SSSR count). The number of carboxylic acids is 1. The van der Waals surface area contributed by atoms with Gasteiger partial charge in [-0.15, -0.1) is 0 Å². The van der Waals surface area contributed by atoms with Crippen molar-refractivity contribution < 1.29 is 15.0 Å². The maximum absolute atomic E-state index is 10.1. The number of hydrogen-bond donors (Lipinski definition) is 3. The predicted molar refractivity (Wildman–Crippen MR) is 43.7 cm³/mol. The average Bonchev–Trinajstić information content (AvgIpc) is 1.86. The van der Waals surface area contributed by atoms with Crippen LogP contribution in [0.1, 0.15) is 6.92 Å². The van der Waals surface area contributed by atoms with Crippen molar-refractivity contribution in [3.8, 4) is 0 Å². The van der Waals surface area contributed by atoms with Crippen molar-refractivity contribution in [1.82, 2.24) is 5.43 Å². The fourth-order valence-corrected chi connectivity index (χ4v) is 0.420. The molecular formula is C5H9BrN2O3. The Hall–Kier alpha value is -0.620. The molecule has 0 aliphatic heterocycles. The number of halogens is 1. The number of carboxylic acid groups (broad SMARTS) is 1. The number of carbonyl (C=O) groups is 1. The van der Waals surface area contributed by atoms with Crippen molar-refractivity contribution in [2.75, 3.05) is 6.54 Å². The summed E-state index contributed by atoms with van der Waals surface area (Å²) in [5.41, 5.74) is 2.38. The molecule has 11 heavy (non-hydrogen) atoms. The molecule has 64 valence electrons. The Bertz CT molecular complexity index is 169. The van der Waals surface area contributed by atoms with Gasteiger partial charge in [0, 0.05) is 0 Å². The number of rotatable bonds is 4. The van der Waals surface area contributed by atoms with Crippen molar-refractivity contribution in [3.05, 3.63) is 0 Å². The second-order valence-corrected chi connectivity index (χ2v) is 2.67. The van der Waals surface area contributed by atoms with Gasteiger partial charge < -0.3 is 15.6 Å². The van der Waals surface area contributed by atoms with Crippen LogP contribution in [-0.2, 0) is 4.79 Å². The molecule has 1 unspecified atom stereocenters. The molecule has 0 bridgehead atoms. The van der Waals surface area contributed by atoms with Crippen LogP contribution >= 0.6 is 15.9 Å². The number of aliphatic hydroxyl groups is 1. The van der Waals surface area contributed by atoms with Crippen LogP contribution in [0.4, 0.5) is 0 Å². The van der Waals surface area contributed by atoms with Crippen molar-refractivity contribution >= 4 is 26.5 Å². The van der Waals surface area contributed by atoms with E-state index in [-0.39, 0.29) is 11.2 Å². The zero-order chi connectivity index (χ0) is 8.85. The number of aliphatic carboxylic acids is 1. The van der Waals surface area contributed by atoms with Gasteiger partial charge in [0.15, 0.2) is 0 Å². The smallest absolute Gasteiger partial charge is 0.363 e. The molecule has 3 N–H and O–H groups in total. The molecule has 0 aliphatic rings. The summed E-state index contributed by atoms with van der Waals surface area (Å²) in [5, 5.41) is 20.4. The molecule has 0 aromatic heterocycles. The summed E-state index contributed by atoms with van der Waals surface area (Å²) in [4.78, 5) is 10.1. The highest BCUT2D eigenvalue weighted by Gasteiger charge is 2.02. The van der Waals surface area contributed by atoms with Gasteiger partial charge in [0.05, 0.1) is 12.6 Å². The second kappa shape index (κ2) is 5.09. The molecule has 0 fully saturated rings. The van der Waals surface area contributed by atoms with Crippen LogP contribution in [0.15, 0.2) is 5.10 Å². The molecule has 0 radical (unpaired) electrons. The molecule has 0 aromatic carbocycles. The highest BCUT2D eigenvalue weighted by molar-refractivity contribution is 9.19. The maximum atomic E-state index is 10.1. The third-order valence-corrected chi connectivity index (χ3v) is 1.26. The summed E-state index contributed by atoms with van der Waals surface area (Å²) in [5.74, 6) is -1.15. The van der Waals surface area contributed by atoms with E-state index in [1.807, 2.05) is 0 Å². The van der Waals surface area contributed by atoms with Crippen LogP contribution in [0.25, 0.3) is 0 Å². The molecule has 0 heterocycles. The van der Waals surface area contributed by atoms with Crippen LogP contribution in [0.5, 0.6) is 0 Å². The van der Waals surface area contributed by atoms with Crippen molar-refractivity contribution in [2.45, 2.75) is 13.0 Å². The van der Waals surface area contributed by atoms with Crippen molar-refractivity contribution in [1.29, 1.82) is 0 Å². The SMILES string of the molecule is CC(O)CNN=C(Br)C(=O)O. The van der Waals surface area contributed by atoms with Gasteiger partial charge >= 0.3 is 5.97 Å². The van der Waals surface area contributed by atoms with Gasteiger partial charge in [-0.25, -0.2) is 4.79 Å². The highest BCUT2D eigenvalue weighted by atomic mass is 79.9. The van der Waals surface area contributed by atoms with Gasteiger partial charge in [-0.1, -0.05) is 0 Å². The van der Waals surface area contributed by atoms with E-state index < -0.39 is 12.1 Å². The lowest BCUT2D eigenvalue weighted by atomic mass is 10.4. The minimum absolute atomic E-state index is 0.210. The first-order valence-electron chi connectivity index (χ1n) is 2.91. The monoisotopic (exact) mass is 224 g/mol. The molecule has 0 spiro atoms. The topological polar surface area (TPSA) is 81.9 Å². The number of nitrogens with zero attached hydrogens (tertiary/aromatic N) is 1. The van der Waals surface area contributed by atoms with Gasteiger partial charge in [-0.3, -0.25) is 0 Å². The molecule has 5 nitrogen and oxygen atoms in total. The number of nitrogens with one attached hydrogen (secondary N) is 1. The Labute approximate surface area is 72.2 Å². The lowest BCUT2D eigenvalue weighted by Crippen LogP contribution is -2.21. The van der Waals surface area contributed by atoms with Gasteiger partial charge in [0.1, 0.15) is 0 Å². The van der Waals surface area contributed by atoms with E-state index in [2.05, 4.69) is 26.5 Å². The van der Waals surface area contributed by atoms with E-state index in [1.54, 1.807) is 6.92 Å². The number of hydrogen-bond acceptors (Lipinski definition) is 4. The van der Waals surface area contributed by atoms with E-state index in [0.717, 1.165) is 0 Å². The summed E-state index contributed by atoms with van der Waals surface area (Å²) >= 11 is 2.70. The molecule has 1 atom stereocenters. The first-order chi connectivity index (χ1) is 5.04. The van der Waals surface area contributed by atoms with E-state index >= 15 is 0 Å². The summed E-state index contributed by atoms with van der Waals surface area (Å²) in [6, 6.07) is 0. The van der Waals surface area contributed by atoms with E-state index in [4.69, 9.17) is 10.2 Å². The molecule has 0 amide bonds. The van der Waals surface area contributed by atoms with Crippen LogP contribution < -0.4 is 5.43 Å². The molecule has 0 aliphatic carbocycles. The molecular weight excluding hydrogens is 216 g/mol. The minimum Gasteiger partial charge on any atom is -0.476 e. The van der Waals surface area contributed by atoms with Crippen LogP contribution in [-0.4, -0.2) is 33.5 Å². The van der Waals surface area contributed by atoms with E-state index in [1.165, 1.54) is 0 Å². The van der Waals surface area contributed by atoms with E-state index in [0.29, 0.717) is 0 Å². The first kappa shape index (κ1) is 10.4. The molecule has 6 heteroatoms. The van der Waals surface area contributed by atoms with Gasteiger partial charge in [0.2, 0.25) is 4.62 Å². The van der Waals surface area contributed by atoms with Crippen LogP contribution in [0.2, 0.25) is 0 Å². The number of hydrazone groups is 1. The molecule has 0 saturated carbocycles. The first-order valence-corrected chi connectivity index (χ1v) is 3.70. The summed E-state index contributed by atoms with van der Waals surface area (Å²) in [6.07, 6.45) is -0.548. The Morgan fingerprint density at radius 1 is 1.82 bits per heavy atom. The zero-order valence-electron chi connectivity index (χ0n) is 5.91. The fourth-order valence-electron chi connectivity index (χ4n) is 0.295. The van der Waals surface area contributed by atoms with Gasteiger partial charge in [-0.2, -0.15) is 5.10 Å². The normalized spacial score (nSPS) is 14.3. The highest BCUT2D eigenvalue weighted by Crippen LogP contribution is 1.87. The summed E-state index contributed by atoms with van der Waals surface area (Å²) in [6.45, 7) is 1.79. The van der Waals surface area contributed by atoms with Crippen LogP contribution in [0, 0.1) is 0 Å². The lowest BCUT2D eigenvalue weighted by molar-refractivity contribution is -0.129. The summed E-state index contributed by atoms with van der Waals surface area (Å²) < 4.78 is -0.210. The zero-order valence-corrected chi connectivity index (χ0v) is 7.50. The van der Waals surface area contributed by atoms with Gasteiger partial charge in [0.25, 0.3) is 0 Å². The minimum atomic E-state index is -1.15. The largest absolute Gasteiger partial charge is 0.476 e. The van der Waals surface area contributed by atoms with E-state index in [9.17, 15) is 4.79 Å². The average molecular weight is 225 g/mol. The molecule has 0 aromatic rings. The van der Waals surface area contributed by atoms with Gasteiger partial charge in [-0.05, 0) is 22.9 Å². The van der Waals surface area contributed by atoms with Crippen molar-refractivity contribution in [3.63, 3.8) is 0 Å². The quantitative estimate of drug-likeness (QED) is 0.455. The Morgan fingerprint density at radius 2 is 2.36 bits per heavy atom. The molecule has 0 saturated heterocycles. The fraction of sp³-hybridized carbons (Fsp3) is 0.600. The third-order valence-electron chi connectivity index (χ3n) is 0.740. The second-order valence-electron chi connectivity index (χ2n) is 1.92. The lowest BCUT2D eigenvalue weighted by Gasteiger charge is -2.01.